The van der Waals surface area contributed by atoms with Crippen LogP contribution in [0.25, 0.3) is 16.0 Å². The van der Waals surface area contributed by atoms with Crippen molar-refractivity contribution in [3.63, 3.8) is 0 Å². The number of hydrogen-bond donors (Lipinski definition) is 1. The number of carbonyl (C=O) groups excluding carboxylic acids is 1. The van der Waals surface area contributed by atoms with Gasteiger partial charge in [-0.05, 0) is 29.5 Å². The van der Waals surface area contributed by atoms with Crippen LogP contribution in [-0.2, 0) is 33.1 Å². The molecule has 0 bridgehead atoms. The summed E-state index contributed by atoms with van der Waals surface area (Å²) in [5.41, 5.74) is 2.01. The van der Waals surface area contributed by atoms with E-state index in [0.717, 1.165) is 34.7 Å². The average molecular weight is 515 g/mol. The Morgan fingerprint density at radius 2 is 1.97 bits per heavy atom. The molecule has 10 heteroatoms. The lowest BCUT2D eigenvalue weighted by molar-refractivity contribution is 0.177. The van der Waals surface area contributed by atoms with E-state index in [4.69, 9.17) is 6.57 Å². The summed E-state index contributed by atoms with van der Waals surface area (Å²) in [6.07, 6.45) is 3.28. The van der Waals surface area contributed by atoms with Gasteiger partial charge in [0.1, 0.15) is 10.0 Å². The van der Waals surface area contributed by atoms with Gasteiger partial charge in [0.25, 0.3) is 10.0 Å². The van der Waals surface area contributed by atoms with Crippen LogP contribution in [0.3, 0.4) is 0 Å². The first-order valence-corrected chi connectivity index (χ1v) is 13.4. The molecule has 0 aliphatic rings. The Balaban J connectivity index is 2.08. The molecular formula is C25H30N4O4S2. The summed E-state index contributed by atoms with van der Waals surface area (Å²) < 4.78 is 34.5. The zero-order chi connectivity index (χ0) is 26.0. The Kier molecular flexibility index (Phi) is 7.72. The van der Waals surface area contributed by atoms with Gasteiger partial charge in [-0.15, -0.1) is 11.3 Å². The van der Waals surface area contributed by atoms with E-state index in [9.17, 15) is 13.2 Å². The molecule has 0 unspecified atom stereocenters. The third-order valence-corrected chi connectivity index (χ3v) is 8.22. The molecular weight excluding hydrogens is 484 g/mol. The standard InChI is InChI=1S/C25H30N4O4S2/c1-16(2)12-18-14-20(22(34-18)35(31,32)28-24(30)33-7)19-9-8-17(13-21(19)26-6)15-29-11-10-27-23(29)25(3,4)5/h8-11,13-14,16H,12,15H2,1-5,7H3,(H,28,30). The minimum atomic E-state index is -4.18. The van der Waals surface area contributed by atoms with Crippen molar-refractivity contribution in [3.05, 3.63) is 64.3 Å². The lowest BCUT2D eigenvalue weighted by atomic mass is 9.95. The molecule has 0 radical (unpaired) electrons. The molecule has 35 heavy (non-hydrogen) atoms. The number of aromatic nitrogens is 2. The second-order valence-corrected chi connectivity index (χ2v) is 12.7. The van der Waals surface area contributed by atoms with Gasteiger partial charge in [-0.3, -0.25) is 0 Å². The Labute approximate surface area is 210 Å². The van der Waals surface area contributed by atoms with Gasteiger partial charge in [0, 0.05) is 34.8 Å². The lowest BCUT2D eigenvalue weighted by Gasteiger charge is -2.20. The van der Waals surface area contributed by atoms with Gasteiger partial charge in [0.05, 0.1) is 13.7 Å². The van der Waals surface area contributed by atoms with E-state index >= 15 is 0 Å². The molecule has 1 N–H and O–H groups in total. The summed E-state index contributed by atoms with van der Waals surface area (Å²) in [5.74, 6) is 1.24. The average Bonchev–Trinajstić information content (AvgIpc) is 3.40. The molecule has 3 aromatic rings. The van der Waals surface area contributed by atoms with Crippen molar-refractivity contribution in [2.24, 2.45) is 5.92 Å². The first kappa shape index (κ1) is 26.4. The molecule has 0 saturated carbocycles. The van der Waals surface area contributed by atoms with Crippen LogP contribution in [0.4, 0.5) is 10.5 Å². The first-order chi connectivity index (χ1) is 16.4. The maximum Gasteiger partial charge on any atom is 0.420 e. The summed E-state index contributed by atoms with van der Waals surface area (Å²) in [6, 6.07) is 7.24. The van der Waals surface area contributed by atoms with Crippen molar-refractivity contribution in [2.45, 2.75) is 57.2 Å². The van der Waals surface area contributed by atoms with E-state index in [2.05, 4.69) is 35.3 Å². The maximum absolute atomic E-state index is 13.0. The predicted octanol–water partition coefficient (Wildman–Crippen LogP) is 5.75. The molecule has 3 rings (SSSR count). The van der Waals surface area contributed by atoms with Crippen molar-refractivity contribution >= 4 is 33.1 Å². The molecule has 2 heterocycles. The van der Waals surface area contributed by atoms with Gasteiger partial charge in [-0.25, -0.2) is 27.8 Å². The van der Waals surface area contributed by atoms with Crippen molar-refractivity contribution < 1.29 is 17.9 Å². The molecule has 0 atom stereocenters. The second-order valence-electron chi connectivity index (χ2n) is 9.70. The molecule has 0 fully saturated rings. The molecule has 0 spiro atoms. The van der Waals surface area contributed by atoms with E-state index in [1.54, 1.807) is 24.4 Å². The van der Waals surface area contributed by atoms with Gasteiger partial charge in [0.2, 0.25) is 0 Å². The number of ether oxygens (including phenoxy) is 1. The quantitative estimate of drug-likeness (QED) is 0.405. The van der Waals surface area contributed by atoms with E-state index in [1.165, 1.54) is 0 Å². The number of imidazole rings is 1. The van der Waals surface area contributed by atoms with E-state index in [0.29, 0.717) is 35.7 Å². The van der Waals surface area contributed by atoms with Crippen LogP contribution in [-0.4, -0.2) is 31.2 Å². The van der Waals surface area contributed by atoms with Gasteiger partial charge >= 0.3 is 6.09 Å². The molecule has 0 saturated heterocycles. The number of amides is 1. The van der Waals surface area contributed by atoms with Gasteiger partial charge in [-0.2, -0.15) is 0 Å². The van der Waals surface area contributed by atoms with E-state index in [1.807, 2.05) is 35.4 Å². The monoisotopic (exact) mass is 514 g/mol. The maximum atomic E-state index is 13.0. The van der Waals surface area contributed by atoms with Crippen LogP contribution >= 0.6 is 11.3 Å². The highest BCUT2D eigenvalue weighted by molar-refractivity contribution is 7.92. The van der Waals surface area contributed by atoms with Crippen LogP contribution < -0.4 is 4.72 Å². The molecule has 1 aromatic carbocycles. The number of thiophene rings is 1. The van der Waals surface area contributed by atoms with Crippen molar-refractivity contribution in [3.8, 4) is 11.1 Å². The summed E-state index contributed by atoms with van der Waals surface area (Å²) >= 11 is 1.10. The second kappa shape index (κ2) is 10.2. The number of sulfonamides is 1. The first-order valence-electron chi connectivity index (χ1n) is 11.1. The number of nitrogens with one attached hydrogen (secondary N) is 1. The van der Waals surface area contributed by atoms with Crippen LogP contribution in [0.1, 0.15) is 50.9 Å². The minimum Gasteiger partial charge on any atom is -0.452 e. The molecule has 1 amide bonds. The highest BCUT2D eigenvalue weighted by Gasteiger charge is 2.27. The normalized spacial score (nSPS) is 11.9. The van der Waals surface area contributed by atoms with Gasteiger partial charge in [-0.1, -0.05) is 52.8 Å². The highest BCUT2D eigenvalue weighted by Crippen LogP contribution is 2.41. The fraction of sp³-hybridized carbons (Fsp3) is 0.400. The van der Waals surface area contributed by atoms with Crippen LogP contribution in [0.15, 0.2) is 40.9 Å². The summed E-state index contributed by atoms with van der Waals surface area (Å²) in [7, 11) is -3.08. The highest BCUT2D eigenvalue weighted by atomic mass is 32.2. The Bertz CT molecular complexity index is 1370. The van der Waals surface area contributed by atoms with Gasteiger partial charge in [0.15, 0.2) is 5.69 Å². The third kappa shape index (κ3) is 6.10. The lowest BCUT2D eigenvalue weighted by Crippen LogP contribution is -2.30. The zero-order valence-corrected chi connectivity index (χ0v) is 22.4. The molecule has 186 valence electrons. The largest absolute Gasteiger partial charge is 0.452 e. The SMILES string of the molecule is [C-]#[N+]c1cc(Cn2ccnc2C(C)(C)C)ccc1-c1cc(CC(C)C)sc1S(=O)(=O)NC(=O)OC. The van der Waals surface area contributed by atoms with Crippen molar-refractivity contribution in [2.75, 3.05) is 7.11 Å². The van der Waals surface area contributed by atoms with Crippen LogP contribution in [0.5, 0.6) is 0 Å². The molecule has 0 aliphatic heterocycles. The number of benzene rings is 1. The predicted molar refractivity (Wildman–Crippen MR) is 137 cm³/mol. The number of methoxy groups -OCH3 is 1. The molecule has 8 nitrogen and oxygen atoms in total. The summed E-state index contributed by atoms with van der Waals surface area (Å²) in [4.78, 5) is 20.7. The topological polar surface area (TPSA) is 94.6 Å². The smallest absolute Gasteiger partial charge is 0.420 e. The fourth-order valence-corrected chi connectivity index (χ4v) is 6.63. The summed E-state index contributed by atoms with van der Waals surface area (Å²) in [5, 5.41) is 0. The molecule has 2 aromatic heterocycles. The summed E-state index contributed by atoms with van der Waals surface area (Å²) in [6.45, 7) is 18.7. The Hall–Kier alpha value is -3.16. The number of rotatable bonds is 7. The van der Waals surface area contributed by atoms with Gasteiger partial charge < -0.3 is 9.30 Å². The Morgan fingerprint density at radius 3 is 2.57 bits per heavy atom. The van der Waals surface area contributed by atoms with Crippen LogP contribution in [0, 0.1) is 12.5 Å². The van der Waals surface area contributed by atoms with E-state index in [-0.39, 0.29) is 9.62 Å². The van der Waals surface area contributed by atoms with Crippen LogP contribution in [0.2, 0.25) is 0 Å². The molecule has 0 aliphatic carbocycles. The minimum absolute atomic E-state index is 0.0131. The van der Waals surface area contributed by atoms with Crippen molar-refractivity contribution in [1.29, 1.82) is 0 Å². The fourth-order valence-electron chi connectivity index (χ4n) is 3.79. The zero-order valence-electron chi connectivity index (χ0n) is 20.7. The Morgan fingerprint density at radius 1 is 1.26 bits per heavy atom. The van der Waals surface area contributed by atoms with Crippen molar-refractivity contribution in [1.82, 2.24) is 14.3 Å². The third-order valence-electron chi connectivity index (χ3n) is 5.22. The van der Waals surface area contributed by atoms with E-state index < -0.39 is 16.1 Å². The number of carbonyl (C=O) groups is 1. The number of nitrogens with zero attached hydrogens (tertiary/aromatic N) is 3. The number of hydrogen-bond acceptors (Lipinski definition) is 6.